The molecule has 0 aliphatic heterocycles. The molecule has 102 valence electrons. The number of methoxy groups -OCH3 is 1. The monoisotopic (exact) mass is 370 g/mol. The SMILES string of the molecule is COc1ccc(-c2nc3c(Br)cc(Cl)cc3[nH]2)cc1Cl. The number of halogens is 3. The second-order valence-electron chi connectivity index (χ2n) is 4.22. The Morgan fingerprint density at radius 2 is 2.00 bits per heavy atom. The van der Waals surface area contributed by atoms with Gasteiger partial charge in [-0.25, -0.2) is 4.98 Å². The molecular formula is C14H9BrCl2N2O. The number of ether oxygens (including phenoxy) is 1. The van der Waals surface area contributed by atoms with Crippen LogP contribution in [0.5, 0.6) is 5.75 Å². The average molecular weight is 372 g/mol. The quantitative estimate of drug-likeness (QED) is 0.662. The Kier molecular flexibility index (Phi) is 3.63. The molecule has 0 saturated heterocycles. The predicted molar refractivity (Wildman–Crippen MR) is 85.8 cm³/mol. The highest BCUT2D eigenvalue weighted by Crippen LogP contribution is 2.32. The zero-order chi connectivity index (χ0) is 14.3. The number of aromatic nitrogens is 2. The minimum atomic E-state index is 0.544. The summed E-state index contributed by atoms with van der Waals surface area (Å²) in [4.78, 5) is 7.79. The lowest BCUT2D eigenvalue weighted by Crippen LogP contribution is -1.86. The molecule has 0 aliphatic carbocycles. The van der Waals surface area contributed by atoms with Crippen molar-refractivity contribution in [3.05, 3.63) is 44.8 Å². The smallest absolute Gasteiger partial charge is 0.138 e. The topological polar surface area (TPSA) is 37.9 Å². The van der Waals surface area contributed by atoms with Crippen LogP contribution in [0.1, 0.15) is 0 Å². The first-order valence-electron chi connectivity index (χ1n) is 5.77. The highest BCUT2D eigenvalue weighted by Gasteiger charge is 2.11. The molecule has 1 heterocycles. The van der Waals surface area contributed by atoms with Crippen molar-refractivity contribution >= 4 is 50.2 Å². The van der Waals surface area contributed by atoms with Crippen LogP contribution in [0.4, 0.5) is 0 Å². The summed E-state index contributed by atoms with van der Waals surface area (Å²) in [7, 11) is 1.58. The first-order valence-corrected chi connectivity index (χ1v) is 7.32. The largest absolute Gasteiger partial charge is 0.495 e. The fraction of sp³-hybridized carbons (Fsp3) is 0.0714. The number of hydrogen-bond donors (Lipinski definition) is 1. The normalized spacial score (nSPS) is 11.0. The van der Waals surface area contributed by atoms with E-state index < -0.39 is 0 Å². The first kappa shape index (κ1) is 13.7. The van der Waals surface area contributed by atoms with Crippen molar-refractivity contribution in [3.63, 3.8) is 0 Å². The van der Waals surface area contributed by atoms with Crippen LogP contribution >= 0.6 is 39.1 Å². The summed E-state index contributed by atoms with van der Waals surface area (Å²) in [6, 6.07) is 9.18. The van der Waals surface area contributed by atoms with Crippen molar-refractivity contribution < 1.29 is 4.74 Å². The van der Waals surface area contributed by atoms with Crippen molar-refractivity contribution in [2.45, 2.75) is 0 Å². The maximum Gasteiger partial charge on any atom is 0.138 e. The van der Waals surface area contributed by atoms with E-state index >= 15 is 0 Å². The maximum absolute atomic E-state index is 6.14. The molecule has 6 heteroatoms. The van der Waals surface area contributed by atoms with Gasteiger partial charge in [0.2, 0.25) is 0 Å². The summed E-state index contributed by atoms with van der Waals surface area (Å²) in [5.74, 6) is 1.36. The minimum absolute atomic E-state index is 0.544. The van der Waals surface area contributed by atoms with Crippen molar-refractivity contribution in [1.29, 1.82) is 0 Å². The summed E-state index contributed by atoms with van der Waals surface area (Å²) < 4.78 is 5.99. The van der Waals surface area contributed by atoms with E-state index in [0.29, 0.717) is 15.8 Å². The third kappa shape index (κ3) is 2.39. The Hall–Kier alpha value is -1.23. The molecule has 3 rings (SSSR count). The molecule has 2 aromatic carbocycles. The average Bonchev–Trinajstić information content (AvgIpc) is 2.82. The standard InChI is InChI=1S/C14H9BrCl2N2O/c1-20-12-3-2-7(4-10(12)17)14-18-11-6-8(16)5-9(15)13(11)19-14/h2-6H,1H3,(H,18,19). The van der Waals surface area contributed by atoms with Crippen LogP contribution in [0.25, 0.3) is 22.4 Å². The molecule has 0 fully saturated rings. The molecule has 0 radical (unpaired) electrons. The van der Waals surface area contributed by atoms with E-state index in [2.05, 4.69) is 25.9 Å². The van der Waals surface area contributed by atoms with Crippen molar-refractivity contribution in [2.24, 2.45) is 0 Å². The summed E-state index contributed by atoms with van der Waals surface area (Å²) in [6.45, 7) is 0. The van der Waals surface area contributed by atoms with Gasteiger partial charge in [-0.15, -0.1) is 0 Å². The molecule has 20 heavy (non-hydrogen) atoms. The van der Waals surface area contributed by atoms with Crippen LogP contribution in [-0.2, 0) is 0 Å². The number of hydrogen-bond acceptors (Lipinski definition) is 2. The molecule has 3 nitrogen and oxygen atoms in total. The Balaban J connectivity index is 2.15. The molecule has 0 amide bonds. The first-order chi connectivity index (χ1) is 9.58. The van der Waals surface area contributed by atoms with Gasteiger partial charge < -0.3 is 9.72 Å². The Bertz CT molecular complexity index is 801. The highest BCUT2D eigenvalue weighted by atomic mass is 79.9. The molecule has 0 aliphatic rings. The molecule has 0 spiro atoms. The number of benzene rings is 2. The lowest BCUT2D eigenvalue weighted by Gasteiger charge is -2.03. The second-order valence-corrected chi connectivity index (χ2v) is 5.92. The third-order valence-electron chi connectivity index (χ3n) is 2.93. The third-order valence-corrected chi connectivity index (χ3v) is 4.05. The van der Waals surface area contributed by atoms with E-state index in [9.17, 15) is 0 Å². The number of rotatable bonds is 2. The summed E-state index contributed by atoms with van der Waals surface area (Å²) in [5.41, 5.74) is 2.58. The Morgan fingerprint density at radius 3 is 2.70 bits per heavy atom. The number of H-pyrrole nitrogens is 1. The van der Waals surface area contributed by atoms with Crippen LogP contribution in [0.3, 0.4) is 0 Å². The van der Waals surface area contributed by atoms with Gasteiger partial charge in [-0.05, 0) is 46.3 Å². The van der Waals surface area contributed by atoms with E-state index in [0.717, 1.165) is 26.9 Å². The van der Waals surface area contributed by atoms with Crippen LogP contribution < -0.4 is 4.74 Å². The van der Waals surface area contributed by atoms with Gasteiger partial charge in [0.25, 0.3) is 0 Å². The van der Waals surface area contributed by atoms with E-state index in [1.54, 1.807) is 7.11 Å². The fourth-order valence-electron chi connectivity index (χ4n) is 1.99. The highest BCUT2D eigenvalue weighted by molar-refractivity contribution is 9.10. The van der Waals surface area contributed by atoms with Crippen LogP contribution in [0.15, 0.2) is 34.8 Å². The summed E-state index contributed by atoms with van der Waals surface area (Å²) >= 11 is 15.6. The second kappa shape index (κ2) is 5.28. The number of imidazole rings is 1. The van der Waals surface area contributed by atoms with Crippen LogP contribution in [0, 0.1) is 0 Å². The summed E-state index contributed by atoms with van der Waals surface area (Å²) in [6.07, 6.45) is 0. The van der Waals surface area contributed by atoms with Gasteiger partial charge in [0, 0.05) is 15.1 Å². The van der Waals surface area contributed by atoms with Gasteiger partial charge in [0.1, 0.15) is 17.1 Å². The molecule has 0 saturated carbocycles. The number of aromatic amines is 1. The van der Waals surface area contributed by atoms with E-state index in [4.69, 9.17) is 27.9 Å². The maximum atomic E-state index is 6.14. The number of nitrogens with zero attached hydrogens (tertiary/aromatic N) is 1. The molecule has 0 unspecified atom stereocenters. The van der Waals surface area contributed by atoms with Gasteiger partial charge in [-0.1, -0.05) is 23.2 Å². The number of fused-ring (bicyclic) bond motifs is 1. The Labute approximate surface area is 134 Å². The van der Waals surface area contributed by atoms with E-state index in [1.165, 1.54) is 0 Å². The molecule has 0 atom stereocenters. The van der Waals surface area contributed by atoms with Gasteiger partial charge >= 0.3 is 0 Å². The molecule has 1 N–H and O–H groups in total. The van der Waals surface area contributed by atoms with E-state index in [1.807, 2.05) is 30.3 Å². The van der Waals surface area contributed by atoms with Gasteiger partial charge in [0.05, 0.1) is 17.6 Å². The van der Waals surface area contributed by atoms with Crippen molar-refractivity contribution in [3.8, 4) is 17.1 Å². The fourth-order valence-corrected chi connectivity index (χ4v) is 3.15. The zero-order valence-corrected chi connectivity index (χ0v) is 13.5. The summed E-state index contributed by atoms with van der Waals surface area (Å²) in [5, 5.41) is 1.19. The molecule has 1 aromatic heterocycles. The van der Waals surface area contributed by atoms with Crippen molar-refractivity contribution in [1.82, 2.24) is 9.97 Å². The minimum Gasteiger partial charge on any atom is -0.495 e. The lowest BCUT2D eigenvalue weighted by atomic mass is 10.2. The number of nitrogens with one attached hydrogen (secondary N) is 1. The Morgan fingerprint density at radius 1 is 1.20 bits per heavy atom. The van der Waals surface area contributed by atoms with Crippen LogP contribution in [-0.4, -0.2) is 17.1 Å². The van der Waals surface area contributed by atoms with Crippen LogP contribution in [0.2, 0.25) is 10.0 Å². The molecule has 3 aromatic rings. The van der Waals surface area contributed by atoms with Crippen molar-refractivity contribution in [2.75, 3.05) is 7.11 Å². The molecule has 0 bridgehead atoms. The van der Waals surface area contributed by atoms with Gasteiger partial charge in [0.15, 0.2) is 0 Å². The lowest BCUT2D eigenvalue weighted by molar-refractivity contribution is 0.415. The predicted octanol–water partition coefficient (Wildman–Crippen LogP) is 5.31. The van der Waals surface area contributed by atoms with Gasteiger partial charge in [-0.2, -0.15) is 0 Å². The molecular weight excluding hydrogens is 363 g/mol. The van der Waals surface area contributed by atoms with E-state index in [-0.39, 0.29) is 0 Å². The van der Waals surface area contributed by atoms with Gasteiger partial charge in [-0.3, -0.25) is 0 Å². The zero-order valence-electron chi connectivity index (χ0n) is 10.4.